The summed E-state index contributed by atoms with van der Waals surface area (Å²) in [5, 5.41) is 4.03. The Morgan fingerprint density at radius 2 is 2.32 bits per heavy atom. The quantitative estimate of drug-likeness (QED) is 0.851. The maximum atomic E-state index is 6.06. The molecule has 1 aromatic heterocycles. The standard InChI is InChI=1S/C14H18N4O/c1-2-4-13-16-12(17-19-13)9-18-8-7-10-5-3-6-11(15)14(10)18/h3,5-6H,2,4,7-9,15H2,1H3. The van der Waals surface area contributed by atoms with E-state index in [0.29, 0.717) is 6.54 Å². The summed E-state index contributed by atoms with van der Waals surface area (Å²) >= 11 is 0. The SMILES string of the molecule is CCCc1nc(CN2CCc3cccc(N)c32)no1. The van der Waals surface area contributed by atoms with Crippen molar-refractivity contribution in [3.63, 3.8) is 0 Å². The van der Waals surface area contributed by atoms with E-state index in [2.05, 4.69) is 28.0 Å². The Morgan fingerprint density at radius 3 is 3.16 bits per heavy atom. The first-order chi connectivity index (χ1) is 9.28. The van der Waals surface area contributed by atoms with Crippen LogP contribution in [0.4, 0.5) is 11.4 Å². The molecule has 19 heavy (non-hydrogen) atoms. The van der Waals surface area contributed by atoms with Crippen molar-refractivity contribution >= 4 is 11.4 Å². The zero-order valence-corrected chi connectivity index (χ0v) is 11.1. The number of fused-ring (bicyclic) bond motifs is 1. The van der Waals surface area contributed by atoms with Gasteiger partial charge in [-0.3, -0.25) is 0 Å². The Hall–Kier alpha value is -2.04. The number of nitrogens with zero attached hydrogens (tertiary/aromatic N) is 3. The number of para-hydroxylation sites is 1. The van der Waals surface area contributed by atoms with Crippen LogP contribution in [0.1, 0.15) is 30.6 Å². The van der Waals surface area contributed by atoms with Crippen molar-refractivity contribution in [1.82, 2.24) is 10.1 Å². The number of nitrogen functional groups attached to an aromatic ring is 1. The van der Waals surface area contributed by atoms with Gasteiger partial charge >= 0.3 is 0 Å². The van der Waals surface area contributed by atoms with Gasteiger partial charge in [-0.2, -0.15) is 4.98 Å². The molecule has 2 N–H and O–H groups in total. The van der Waals surface area contributed by atoms with Crippen LogP contribution in [0.3, 0.4) is 0 Å². The first kappa shape index (κ1) is 12.0. The Morgan fingerprint density at radius 1 is 1.42 bits per heavy atom. The Kier molecular flexibility index (Phi) is 3.11. The molecule has 0 atom stereocenters. The Bertz CT molecular complexity index is 579. The molecule has 3 rings (SSSR count). The summed E-state index contributed by atoms with van der Waals surface area (Å²) in [5.74, 6) is 1.46. The highest BCUT2D eigenvalue weighted by molar-refractivity contribution is 5.74. The minimum Gasteiger partial charge on any atom is -0.397 e. The third-order valence-corrected chi connectivity index (χ3v) is 3.42. The molecule has 1 aliphatic rings. The highest BCUT2D eigenvalue weighted by Crippen LogP contribution is 2.34. The van der Waals surface area contributed by atoms with Crippen LogP contribution in [-0.2, 0) is 19.4 Å². The summed E-state index contributed by atoms with van der Waals surface area (Å²) in [4.78, 5) is 6.63. The lowest BCUT2D eigenvalue weighted by atomic mass is 10.1. The van der Waals surface area contributed by atoms with Crippen molar-refractivity contribution in [2.75, 3.05) is 17.2 Å². The summed E-state index contributed by atoms with van der Waals surface area (Å²) in [6.07, 6.45) is 2.88. The summed E-state index contributed by atoms with van der Waals surface area (Å²) in [5.41, 5.74) is 9.32. The van der Waals surface area contributed by atoms with Gasteiger partial charge in [0.25, 0.3) is 0 Å². The van der Waals surface area contributed by atoms with Crippen LogP contribution >= 0.6 is 0 Å². The highest BCUT2D eigenvalue weighted by atomic mass is 16.5. The largest absolute Gasteiger partial charge is 0.397 e. The number of rotatable bonds is 4. The predicted molar refractivity (Wildman–Crippen MR) is 73.9 cm³/mol. The predicted octanol–water partition coefficient (Wildman–Crippen LogP) is 2.17. The van der Waals surface area contributed by atoms with Crippen LogP contribution in [0.15, 0.2) is 22.7 Å². The van der Waals surface area contributed by atoms with Crippen LogP contribution in [0.2, 0.25) is 0 Å². The zero-order valence-electron chi connectivity index (χ0n) is 11.1. The van der Waals surface area contributed by atoms with Crippen LogP contribution in [-0.4, -0.2) is 16.7 Å². The summed E-state index contributed by atoms with van der Waals surface area (Å²) < 4.78 is 5.21. The molecule has 1 aromatic carbocycles. The van der Waals surface area contributed by atoms with E-state index in [4.69, 9.17) is 10.3 Å². The van der Waals surface area contributed by atoms with Gasteiger partial charge in [0.2, 0.25) is 5.89 Å². The van der Waals surface area contributed by atoms with E-state index in [9.17, 15) is 0 Å². The van der Waals surface area contributed by atoms with E-state index >= 15 is 0 Å². The monoisotopic (exact) mass is 258 g/mol. The van der Waals surface area contributed by atoms with Crippen molar-refractivity contribution in [2.45, 2.75) is 32.7 Å². The Balaban J connectivity index is 1.78. The van der Waals surface area contributed by atoms with E-state index < -0.39 is 0 Å². The Labute approximate surface area is 112 Å². The molecule has 5 nitrogen and oxygen atoms in total. The second-order valence-electron chi connectivity index (χ2n) is 4.88. The van der Waals surface area contributed by atoms with Crippen LogP contribution in [0, 0.1) is 0 Å². The maximum Gasteiger partial charge on any atom is 0.226 e. The van der Waals surface area contributed by atoms with Crippen molar-refractivity contribution in [1.29, 1.82) is 0 Å². The number of hydrogen-bond donors (Lipinski definition) is 1. The third-order valence-electron chi connectivity index (χ3n) is 3.42. The highest BCUT2D eigenvalue weighted by Gasteiger charge is 2.22. The molecule has 0 radical (unpaired) electrons. The molecule has 0 unspecified atom stereocenters. The smallest absolute Gasteiger partial charge is 0.226 e. The second kappa shape index (κ2) is 4.91. The first-order valence-electron chi connectivity index (χ1n) is 6.71. The van der Waals surface area contributed by atoms with E-state index in [1.807, 2.05) is 12.1 Å². The van der Waals surface area contributed by atoms with Crippen molar-refractivity contribution in [3.8, 4) is 0 Å². The van der Waals surface area contributed by atoms with E-state index in [0.717, 1.165) is 48.9 Å². The van der Waals surface area contributed by atoms with E-state index in [-0.39, 0.29) is 0 Å². The molecule has 5 heteroatoms. The molecule has 0 amide bonds. The molecule has 100 valence electrons. The van der Waals surface area contributed by atoms with E-state index in [1.165, 1.54) is 5.56 Å². The molecule has 2 heterocycles. The summed E-state index contributed by atoms with van der Waals surface area (Å²) in [6.45, 7) is 3.72. The fraction of sp³-hybridized carbons (Fsp3) is 0.429. The fourth-order valence-electron chi connectivity index (χ4n) is 2.56. The van der Waals surface area contributed by atoms with Gasteiger partial charge < -0.3 is 15.2 Å². The summed E-state index contributed by atoms with van der Waals surface area (Å²) in [7, 11) is 0. The minimum atomic E-state index is 0.661. The molecule has 0 aliphatic carbocycles. The number of hydrogen-bond acceptors (Lipinski definition) is 5. The molecule has 0 bridgehead atoms. The number of benzene rings is 1. The molecule has 1 aliphatic heterocycles. The molecular formula is C14H18N4O. The van der Waals surface area contributed by atoms with Crippen molar-refractivity contribution in [3.05, 3.63) is 35.5 Å². The molecule has 0 spiro atoms. The number of aromatic nitrogens is 2. The van der Waals surface area contributed by atoms with E-state index in [1.54, 1.807) is 0 Å². The lowest BCUT2D eigenvalue weighted by molar-refractivity contribution is 0.372. The molecule has 2 aromatic rings. The lowest BCUT2D eigenvalue weighted by Crippen LogP contribution is -2.21. The normalized spacial score (nSPS) is 13.8. The van der Waals surface area contributed by atoms with Crippen molar-refractivity contribution < 1.29 is 4.52 Å². The molecular weight excluding hydrogens is 240 g/mol. The second-order valence-corrected chi connectivity index (χ2v) is 4.88. The summed E-state index contributed by atoms with van der Waals surface area (Å²) in [6, 6.07) is 6.08. The van der Waals surface area contributed by atoms with Crippen LogP contribution < -0.4 is 10.6 Å². The average molecular weight is 258 g/mol. The van der Waals surface area contributed by atoms with Gasteiger partial charge in [-0.25, -0.2) is 0 Å². The van der Waals surface area contributed by atoms with Gasteiger partial charge in [0.1, 0.15) is 0 Å². The van der Waals surface area contributed by atoms with Crippen LogP contribution in [0.5, 0.6) is 0 Å². The molecule has 0 fully saturated rings. The number of anilines is 2. The number of aryl methyl sites for hydroxylation is 1. The van der Waals surface area contributed by atoms with Gasteiger partial charge in [-0.15, -0.1) is 0 Å². The fourth-order valence-corrected chi connectivity index (χ4v) is 2.56. The van der Waals surface area contributed by atoms with Crippen molar-refractivity contribution in [2.24, 2.45) is 0 Å². The lowest BCUT2D eigenvalue weighted by Gasteiger charge is -2.18. The third kappa shape index (κ3) is 2.28. The number of nitrogens with two attached hydrogens (primary N) is 1. The molecule has 0 saturated heterocycles. The van der Waals surface area contributed by atoms with Gasteiger partial charge in [0.15, 0.2) is 5.82 Å². The zero-order chi connectivity index (χ0) is 13.2. The van der Waals surface area contributed by atoms with Gasteiger partial charge in [0, 0.05) is 13.0 Å². The minimum absolute atomic E-state index is 0.661. The van der Waals surface area contributed by atoms with Gasteiger partial charge in [-0.05, 0) is 24.5 Å². The van der Waals surface area contributed by atoms with Gasteiger partial charge in [-0.1, -0.05) is 24.2 Å². The molecule has 0 saturated carbocycles. The van der Waals surface area contributed by atoms with Crippen LogP contribution in [0.25, 0.3) is 0 Å². The topological polar surface area (TPSA) is 68.2 Å². The average Bonchev–Trinajstić information content (AvgIpc) is 2.99. The van der Waals surface area contributed by atoms with Gasteiger partial charge in [0.05, 0.1) is 17.9 Å². The maximum absolute atomic E-state index is 6.06. The first-order valence-corrected chi connectivity index (χ1v) is 6.71.